The first-order valence-electron chi connectivity index (χ1n) is 4.18. The number of rotatable bonds is 3. The first kappa shape index (κ1) is 11.6. The van der Waals surface area contributed by atoms with Gasteiger partial charge in [-0.3, -0.25) is 14.4 Å². The number of hydrogen-bond donors (Lipinski definition) is 2. The van der Waals surface area contributed by atoms with E-state index in [0.717, 1.165) is 5.75 Å². The van der Waals surface area contributed by atoms with Crippen LogP contribution < -0.4 is 5.32 Å². The molecule has 1 amide bonds. The molecule has 1 aliphatic rings. The van der Waals surface area contributed by atoms with Gasteiger partial charge in [0.05, 0.1) is 6.04 Å². The molecule has 14 heavy (non-hydrogen) atoms. The standard InChI is InChI=1S/C8H11NO3S2/c1-4(10)6(13)7(11)9-5-2-3-14-8(5)12/h5-6,13H,2-3H2,1H3,(H,9,11). The van der Waals surface area contributed by atoms with Gasteiger partial charge in [0.1, 0.15) is 5.25 Å². The van der Waals surface area contributed by atoms with Crippen molar-refractivity contribution in [1.82, 2.24) is 5.32 Å². The summed E-state index contributed by atoms with van der Waals surface area (Å²) >= 11 is 5.05. The third kappa shape index (κ3) is 2.75. The summed E-state index contributed by atoms with van der Waals surface area (Å²) in [5.74, 6) is -0.0771. The van der Waals surface area contributed by atoms with E-state index in [1.165, 1.54) is 18.7 Å². The van der Waals surface area contributed by atoms with Crippen molar-refractivity contribution in [3.63, 3.8) is 0 Å². The Kier molecular flexibility index (Phi) is 4.00. The third-order valence-electron chi connectivity index (χ3n) is 1.89. The highest BCUT2D eigenvalue weighted by Crippen LogP contribution is 2.19. The lowest BCUT2D eigenvalue weighted by atomic mass is 10.2. The molecule has 0 bridgehead atoms. The minimum atomic E-state index is -0.964. The average Bonchev–Trinajstić information content (AvgIpc) is 2.50. The Morgan fingerprint density at radius 2 is 2.29 bits per heavy atom. The van der Waals surface area contributed by atoms with Gasteiger partial charge in [-0.2, -0.15) is 12.6 Å². The molecule has 0 radical (unpaired) electrons. The Labute approximate surface area is 91.6 Å². The van der Waals surface area contributed by atoms with Gasteiger partial charge in [-0.15, -0.1) is 0 Å². The van der Waals surface area contributed by atoms with Crippen molar-refractivity contribution in [1.29, 1.82) is 0 Å². The van der Waals surface area contributed by atoms with Crippen LogP contribution in [0, 0.1) is 0 Å². The molecule has 1 aliphatic heterocycles. The zero-order valence-electron chi connectivity index (χ0n) is 7.65. The zero-order chi connectivity index (χ0) is 10.7. The topological polar surface area (TPSA) is 63.2 Å². The molecule has 1 saturated heterocycles. The highest BCUT2D eigenvalue weighted by molar-refractivity contribution is 8.14. The van der Waals surface area contributed by atoms with E-state index in [1.807, 2.05) is 0 Å². The van der Waals surface area contributed by atoms with Gasteiger partial charge in [-0.05, 0) is 13.3 Å². The molecule has 1 rings (SSSR count). The lowest BCUT2D eigenvalue weighted by molar-refractivity contribution is -0.128. The number of carbonyl (C=O) groups is 3. The van der Waals surface area contributed by atoms with E-state index in [9.17, 15) is 14.4 Å². The van der Waals surface area contributed by atoms with Crippen molar-refractivity contribution < 1.29 is 14.4 Å². The normalized spacial score (nSPS) is 23.3. The summed E-state index contributed by atoms with van der Waals surface area (Å²) < 4.78 is 0. The molecular formula is C8H11NO3S2. The number of thiol groups is 1. The Hall–Kier alpha value is -0.490. The quantitative estimate of drug-likeness (QED) is 0.533. The fourth-order valence-corrected chi connectivity index (χ4v) is 2.07. The Balaban J connectivity index is 2.48. The van der Waals surface area contributed by atoms with Crippen molar-refractivity contribution in [2.45, 2.75) is 24.6 Å². The highest BCUT2D eigenvalue weighted by Gasteiger charge is 2.29. The summed E-state index contributed by atoms with van der Waals surface area (Å²) in [7, 11) is 0. The van der Waals surface area contributed by atoms with Crippen molar-refractivity contribution in [3.05, 3.63) is 0 Å². The molecule has 2 atom stereocenters. The molecule has 1 fully saturated rings. The summed E-state index contributed by atoms with van der Waals surface area (Å²) in [5.41, 5.74) is 0. The van der Waals surface area contributed by atoms with Crippen LogP contribution in [0.1, 0.15) is 13.3 Å². The molecule has 6 heteroatoms. The van der Waals surface area contributed by atoms with E-state index in [1.54, 1.807) is 0 Å². The van der Waals surface area contributed by atoms with Crippen molar-refractivity contribution in [3.8, 4) is 0 Å². The van der Waals surface area contributed by atoms with E-state index in [-0.39, 0.29) is 10.9 Å². The zero-order valence-corrected chi connectivity index (χ0v) is 9.36. The molecule has 2 unspecified atom stereocenters. The van der Waals surface area contributed by atoms with Crippen LogP contribution in [0.3, 0.4) is 0 Å². The molecule has 1 N–H and O–H groups in total. The Morgan fingerprint density at radius 3 is 2.71 bits per heavy atom. The SMILES string of the molecule is CC(=O)C(S)C(=O)NC1CCSC1=O. The van der Waals surface area contributed by atoms with E-state index in [0.29, 0.717) is 6.42 Å². The van der Waals surface area contributed by atoms with Gasteiger partial charge in [0.25, 0.3) is 0 Å². The summed E-state index contributed by atoms with van der Waals surface area (Å²) in [6.45, 7) is 1.29. The minimum Gasteiger partial charge on any atom is -0.344 e. The number of hydrogen-bond acceptors (Lipinski definition) is 5. The lowest BCUT2D eigenvalue weighted by Gasteiger charge is -2.12. The number of amides is 1. The predicted octanol–water partition coefficient (Wildman–Crippen LogP) is 0.0221. The predicted molar refractivity (Wildman–Crippen MR) is 57.5 cm³/mol. The van der Waals surface area contributed by atoms with Gasteiger partial charge in [0, 0.05) is 5.75 Å². The van der Waals surface area contributed by atoms with Gasteiger partial charge >= 0.3 is 0 Å². The second kappa shape index (κ2) is 4.84. The van der Waals surface area contributed by atoms with Crippen molar-refractivity contribution in [2.75, 3.05) is 5.75 Å². The number of Topliss-reactive ketones (excluding diaryl/α,β-unsaturated/α-hetero) is 1. The first-order valence-corrected chi connectivity index (χ1v) is 5.68. The molecule has 0 aromatic heterocycles. The van der Waals surface area contributed by atoms with Crippen LogP contribution in [0.5, 0.6) is 0 Å². The molecule has 0 aromatic carbocycles. The summed E-state index contributed by atoms with van der Waals surface area (Å²) in [5, 5.41) is 1.50. The second-order valence-corrected chi connectivity index (χ2v) is 4.65. The van der Waals surface area contributed by atoms with Gasteiger partial charge in [0.15, 0.2) is 5.78 Å². The van der Waals surface area contributed by atoms with Crippen LogP contribution in [0.2, 0.25) is 0 Å². The van der Waals surface area contributed by atoms with Gasteiger partial charge in [-0.25, -0.2) is 0 Å². The number of ketones is 1. The summed E-state index contributed by atoms with van der Waals surface area (Å²) in [6, 6.07) is -0.443. The molecule has 0 spiro atoms. The smallest absolute Gasteiger partial charge is 0.241 e. The highest BCUT2D eigenvalue weighted by atomic mass is 32.2. The van der Waals surface area contributed by atoms with E-state index in [2.05, 4.69) is 17.9 Å². The fraction of sp³-hybridized carbons (Fsp3) is 0.625. The first-order chi connectivity index (χ1) is 6.52. The molecule has 4 nitrogen and oxygen atoms in total. The summed E-state index contributed by atoms with van der Waals surface area (Å²) in [6.07, 6.45) is 0.633. The molecule has 78 valence electrons. The average molecular weight is 233 g/mol. The maximum absolute atomic E-state index is 11.3. The molecule has 0 aromatic rings. The summed E-state index contributed by atoms with van der Waals surface area (Å²) in [4.78, 5) is 33.3. The lowest BCUT2D eigenvalue weighted by Crippen LogP contribution is -2.43. The molecular weight excluding hydrogens is 222 g/mol. The van der Waals surface area contributed by atoms with Crippen LogP contribution in [-0.4, -0.2) is 33.9 Å². The number of nitrogens with one attached hydrogen (secondary N) is 1. The van der Waals surface area contributed by atoms with E-state index in [4.69, 9.17) is 0 Å². The second-order valence-electron chi connectivity index (χ2n) is 3.03. The van der Waals surface area contributed by atoms with Gasteiger partial charge < -0.3 is 5.32 Å². The molecule has 0 saturated carbocycles. The van der Waals surface area contributed by atoms with Crippen LogP contribution in [0.4, 0.5) is 0 Å². The molecule has 1 heterocycles. The fourth-order valence-electron chi connectivity index (χ4n) is 1.06. The van der Waals surface area contributed by atoms with E-state index >= 15 is 0 Å². The minimum absolute atomic E-state index is 0.0394. The molecule has 0 aliphatic carbocycles. The van der Waals surface area contributed by atoms with Crippen LogP contribution in [0.15, 0.2) is 0 Å². The Morgan fingerprint density at radius 1 is 1.64 bits per heavy atom. The van der Waals surface area contributed by atoms with Gasteiger partial charge in [0.2, 0.25) is 11.0 Å². The monoisotopic (exact) mass is 233 g/mol. The number of carbonyl (C=O) groups excluding carboxylic acids is 3. The maximum atomic E-state index is 11.3. The third-order valence-corrected chi connectivity index (χ3v) is 3.49. The van der Waals surface area contributed by atoms with Crippen molar-refractivity contribution >= 4 is 41.2 Å². The maximum Gasteiger partial charge on any atom is 0.241 e. The number of thioether (sulfide) groups is 1. The van der Waals surface area contributed by atoms with Gasteiger partial charge in [-0.1, -0.05) is 11.8 Å². The largest absolute Gasteiger partial charge is 0.344 e. The Bertz CT molecular complexity index is 280. The van der Waals surface area contributed by atoms with Crippen molar-refractivity contribution in [2.24, 2.45) is 0 Å². The van der Waals surface area contributed by atoms with Crippen LogP contribution >= 0.6 is 24.4 Å². The van der Waals surface area contributed by atoms with Crippen LogP contribution in [-0.2, 0) is 14.4 Å². The van der Waals surface area contributed by atoms with Crippen LogP contribution in [0.25, 0.3) is 0 Å². The van der Waals surface area contributed by atoms with E-state index < -0.39 is 17.2 Å².